The van der Waals surface area contributed by atoms with Crippen LogP contribution in [0.4, 0.5) is 24.5 Å². The zero-order chi connectivity index (χ0) is 28.9. The number of benzene rings is 3. The van der Waals surface area contributed by atoms with E-state index in [4.69, 9.17) is 16.3 Å². The number of nitrogens with zero attached hydrogens (tertiary/aromatic N) is 3. The number of ether oxygens (including phenoxy) is 1. The Labute approximate surface area is 234 Å². The van der Waals surface area contributed by atoms with Gasteiger partial charge in [-0.2, -0.15) is 23.0 Å². The summed E-state index contributed by atoms with van der Waals surface area (Å²) in [5.74, 6) is -1.33. The number of nitrogens with one attached hydrogen (secondary N) is 1. The first-order valence-electron chi connectivity index (χ1n) is 12.0. The van der Waals surface area contributed by atoms with Crippen molar-refractivity contribution in [2.45, 2.75) is 18.9 Å². The van der Waals surface area contributed by atoms with Crippen LogP contribution in [0.5, 0.6) is 5.88 Å². The molecule has 40 heavy (non-hydrogen) atoms. The highest BCUT2D eigenvalue weighted by atomic mass is 35.5. The first-order chi connectivity index (χ1) is 19.0. The largest absolute Gasteiger partial charge is 0.467 e. The number of hydrogen-bond donors (Lipinski definition) is 1. The predicted molar refractivity (Wildman–Crippen MR) is 146 cm³/mol. The topological polar surface area (TPSA) is 93.5 Å². The highest BCUT2D eigenvalue weighted by Gasteiger charge is 2.36. The minimum absolute atomic E-state index is 0.134. The minimum atomic E-state index is -4.75. The van der Waals surface area contributed by atoms with Gasteiger partial charge < -0.3 is 10.1 Å². The molecule has 1 amide bonds. The third-order valence-electron chi connectivity index (χ3n) is 5.63. The van der Waals surface area contributed by atoms with Crippen LogP contribution < -0.4 is 14.4 Å². The first-order valence-corrected chi connectivity index (χ1v) is 14.0. The van der Waals surface area contributed by atoms with Crippen molar-refractivity contribution in [2.24, 2.45) is 0 Å². The Bertz CT molecular complexity index is 1590. The average Bonchev–Trinajstić information content (AvgIpc) is 3.33. The molecule has 0 radical (unpaired) electrons. The second-order valence-corrected chi connectivity index (χ2v) is 10.8. The van der Waals surface area contributed by atoms with E-state index in [9.17, 15) is 26.4 Å². The molecule has 0 saturated carbocycles. The van der Waals surface area contributed by atoms with Gasteiger partial charge >= 0.3 is 6.18 Å². The van der Waals surface area contributed by atoms with Crippen LogP contribution in [0.3, 0.4) is 0 Å². The van der Waals surface area contributed by atoms with Crippen molar-refractivity contribution in [3.05, 3.63) is 101 Å². The summed E-state index contributed by atoms with van der Waals surface area (Å²) >= 11 is 6.13. The number of sulfonamides is 1. The van der Waals surface area contributed by atoms with Crippen LogP contribution in [0.2, 0.25) is 5.02 Å². The van der Waals surface area contributed by atoms with Gasteiger partial charge in [0.25, 0.3) is 5.91 Å². The summed E-state index contributed by atoms with van der Waals surface area (Å²) in [6.45, 7) is 1.32. The number of amides is 1. The number of carbonyl (C=O) groups is 1. The summed E-state index contributed by atoms with van der Waals surface area (Å²) < 4.78 is 73.7. The van der Waals surface area contributed by atoms with E-state index in [1.165, 1.54) is 22.5 Å². The molecule has 4 aromatic rings. The summed E-state index contributed by atoms with van der Waals surface area (Å²) in [7, 11) is -3.73. The van der Waals surface area contributed by atoms with Gasteiger partial charge in [0.05, 0.1) is 22.2 Å². The molecule has 3 aromatic carbocycles. The zero-order valence-electron chi connectivity index (χ0n) is 21.1. The number of aromatic nitrogens is 2. The second kappa shape index (κ2) is 12.0. The fourth-order valence-corrected chi connectivity index (χ4v) is 5.71. The van der Waals surface area contributed by atoms with Crippen molar-refractivity contribution in [3.8, 4) is 11.6 Å². The number of anilines is 2. The van der Waals surface area contributed by atoms with E-state index in [1.807, 2.05) is 0 Å². The van der Waals surface area contributed by atoms with Gasteiger partial charge in [-0.05, 0) is 48.9 Å². The highest BCUT2D eigenvalue weighted by Crippen LogP contribution is 2.33. The number of rotatable bonds is 10. The second-order valence-electron chi connectivity index (χ2n) is 8.52. The Morgan fingerprint density at radius 2 is 1.73 bits per heavy atom. The minimum Gasteiger partial charge on any atom is -0.467 e. The fraction of sp³-hybridized carbons (Fsp3) is 0.185. The van der Waals surface area contributed by atoms with Gasteiger partial charge in [-0.1, -0.05) is 54.1 Å². The standard InChI is InChI=1S/C27H24ClF3N4O4S/c1-2-34(21-11-4-3-5-12-21)40(37,38)18-19-9-8-10-20(15-19)32-25(36)17-39-26-16-24(27(29,30)31)33-35(26)23-14-7-6-13-22(23)28/h3-16H,2,17-18H2,1H3,(H,32,36). The van der Waals surface area contributed by atoms with E-state index < -0.39 is 34.4 Å². The Morgan fingerprint density at radius 1 is 1.02 bits per heavy atom. The summed E-state index contributed by atoms with van der Waals surface area (Å²) in [5.41, 5.74) is 0.185. The lowest BCUT2D eigenvalue weighted by Gasteiger charge is -2.23. The molecule has 0 aliphatic rings. The van der Waals surface area contributed by atoms with Crippen molar-refractivity contribution in [1.29, 1.82) is 0 Å². The normalized spacial score (nSPS) is 11.7. The van der Waals surface area contributed by atoms with Crippen LogP contribution in [-0.2, 0) is 26.7 Å². The molecule has 8 nitrogen and oxygen atoms in total. The van der Waals surface area contributed by atoms with Gasteiger partial charge in [0, 0.05) is 18.3 Å². The highest BCUT2D eigenvalue weighted by molar-refractivity contribution is 7.92. The van der Waals surface area contributed by atoms with Crippen LogP contribution in [-0.4, -0.2) is 37.3 Å². The zero-order valence-corrected chi connectivity index (χ0v) is 22.7. The third-order valence-corrected chi connectivity index (χ3v) is 7.78. The van der Waals surface area contributed by atoms with Crippen molar-refractivity contribution >= 4 is 38.9 Å². The smallest absolute Gasteiger partial charge is 0.435 e. The van der Waals surface area contributed by atoms with Gasteiger partial charge in [0.15, 0.2) is 12.3 Å². The maximum atomic E-state index is 13.3. The summed E-state index contributed by atoms with van der Waals surface area (Å²) in [4.78, 5) is 12.6. The van der Waals surface area contributed by atoms with Crippen LogP contribution in [0, 0.1) is 0 Å². The van der Waals surface area contributed by atoms with Crippen molar-refractivity contribution < 1.29 is 31.1 Å². The molecule has 0 aliphatic carbocycles. The van der Waals surface area contributed by atoms with E-state index in [-0.39, 0.29) is 28.9 Å². The van der Waals surface area contributed by atoms with E-state index in [0.717, 1.165) is 4.68 Å². The van der Waals surface area contributed by atoms with Crippen LogP contribution >= 0.6 is 11.6 Å². The molecule has 0 spiro atoms. The third kappa shape index (κ3) is 6.93. The van der Waals surface area contributed by atoms with Gasteiger partial charge in [-0.3, -0.25) is 9.10 Å². The molecular weight excluding hydrogens is 569 g/mol. The molecule has 0 fully saturated rings. The molecule has 0 bridgehead atoms. The number of hydrogen-bond acceptors (Lipinski definition) is 5. The molecule has 1 heterocycles. The van der Waals surface area contributed by atoms with Crippen molar-refractivity contribution in [1.82, 2.24) is 9.78 Å². The van der Waals surface area contributed by atoms with Gasteiger partial charge in [-0.15, -0.1) is 0 Å². The number of para-hydroxylation sites is 2. The molecule has 0 aliphatic heterocycles. The molecule has 0 atom stereocenters. The lowest BCUT2D eigenvalue weighted by atomic mass is 10.2. The summed E-state index contributed by atoms with van der Waals surface area (Å²) in [6, 6.07) is 21.7. The number of alkyl halides is 3. The SMILES string of the molecule is CCN(c1ccccc1)S(=O)(=O)Cc1cccc(NC(=O)COc2cc(C(F)(F)F)nn2-c2ccccc2Cl)c1. The maximum Gasteiger partial charge on any atom is 0.435 e. The Kier molecular flexibility index (Phi) is 8.70. The number of halogens is 4. The first kappa shape index (κ1) is 29.0. The Balaban J connectivity index is 1.46. The Hall–Kier alpha value is -4.03. The summed E-state index contributed by atoms with van der Waals surface area (Å²) in [6.07, 6.45) is -4.75. The molecule has 13 heteroatoms. The molecule has 210 valence electrons. The maximum absolute atomic E-state index is 13.3. The quantitative estimate of drug-likeness (QED) is 0.247. The summed E-state index contributed by atoms with van der Waals surface area (Å²) in [5, 5.41) is 6.26. The van der Waals surface area contributed by atoms with Gasteiger partial charge in [0.1, 0.15) is 0 Å². The average molecular weight is 593 g/mol. The monoisotopic (exact) mass is 592 g/mol. The van der Waals surface area contributed by atoms with E-state index in [2.05, 4.69) is 10.4 Å². The van der Waals surface area contributed by atoms with E-state index in [0.29, 0.717) is 23.0 Å². The van der Waals surface area contributed by atoms with Gasteiger partial charge in [-0.25, -0.2) is 8.42 Å². The van der Waals surface area contributed by atoms with E-state index in [1.54, 1.807) is 67.6 Å². The van der Waals surface area contributed by atoms with Crippen molar-refractivity contribution in [3.63, 3.8) is 0 Å². The molecule has 1 aromatic heterocycles. The molecule has 0 saturated heterocycles. The van der Waals surface area contributed by atoms with E-state index >= 15 is 0 Å². The molecule has 4 rings (SSSR count). The Morgan fingerprint density at radius 3 is 2.40 bits per heavy atom. The molecule has 1 N–H and O–H groups in total. The van der Waals surface area contributed by atoms with Crippen LogP contribution in [0.15, 0.2) is 84.9 Å². The lowest BCUT2D eigenvalue weighted by molar-refractivity contribution is -0.141. The van der Waals surface area contributed by atoms with Crippen LogP contribution in [0.1, 0.15) is 18.2 Å². The lowest BCUT2D eigenvalue weighted by Crippen LogP contribution is -2.31. The number of carbonyl (C=O) groups excluding carboxylic acids is 1. The van der Waals surface area contributed by atoms with Crippen molar-refractivity contribution in [2.75, 3.05) is 22.8 Å². The molecular formula is C27H24ClF3N4O4S. The molecule has 0 unspecified atom stereocenters. The predicted octanol–water partition coefficient (Wildman–Crippen LogP) is 5.92. The van der Waals surface area contributed by atoms with Crippen LogP contribution in [0.25, 0.3) is 5.69 Å². The van der Waals surface area contributed by atoms with Gasteiger partial charge in [0.2, 0.25) is 15.9 Å². The fourth-order valence-electron chi connectivity index (χ4n) is 3.90.